The van der Waals surface area contributed by atoms with E-state index < -0.39 is 0 Å². The maximum absolute atomic E-state index is 7.17. The molecule has 0 radical (unpaired) electrons. The summed E-state index contributed by atoms with van der Waals surface area (Å²) in [6, 6.07) is 115. The van der Waals surface area contributed by atoms with Crippen molar-refractivity contribution in [1.82, 2.24) is 39.9 Å². The lowest BCUT2D eigenvalue weighted by molar-refractivity contribution is 0.305. The van der Waals surface area contributed by atoms with Gasteiger partial charge in [-0.05, 0) is 276 Å². The van der Waals surface area contributed by atoms with Gasteiger partial charge in [-0.15, -0.1) is 0 Å². The van der Waals surface area contributed by atoms with Gasteiger partial charge < -0.3 is 29.4 Å². The Morgan fingerprint density at radius 2 is 0.354 bits per heavy atom. The Balaban J connectivity index is 0.637. The Morgan fingerprint density at radius 1 is 0.181 bits per heavy atom. The molecule has 10 heteroatoms. The van der Waals surface area contributed by atoms with Gasteiger partial charge in [-0.1, -0.05) is 367 Å². The minimum absolute atomic E-state index is 0.0268. The third kappa shape index (κ3) is 18.1. The van der Waals surface area contributed by atoms with Crippen molar-refractivity contribution in [3.8, 4) is 112 Å². The monoisotopic (exact) mass is 1870 g/mol. The molecular weight excluding hydrogens is 1750 g/mol. The van der Waals surface area contributed by atoms with Gasteiger partial charge in [-0.25, -0.2) is 19.9 Å². The van der Waals surface area contributed by atoms with Gasteiger partial charge >= 0.3 is 0 Å². The van der Waals surface area contributed by atoms with Crippen molar-refractivity contribution in [2.75, 3.05) is 0 Å². The molecule has 0 spiro atoms. The van der Waals surface area contributed by atoms with Gasteiger partial charge in [0.05, 0.1) is 45.6 Å². The number of aromatic amines is 4. The van der Waals surface area contributed by atoms with Crippen LogP contribution in [0.3, 0.4) is 0 Å². The number of rotatable bonds is 15. The van der Waals surface area contributed by atoms with Crippen LogP contribution in [-0.2, 0) is 45.7 Å². The highest BCUT2D eigenvalue weighted by Gasteiger charge is 2.29. The van der Waals surface area contributed by atoms with E-state index >= 15 is 0 Å². The van der Waals surface area contributed by atoms with Crippen LogP contribution in [-0.4, -0.2) is 39.9 Å². The number of hydrogen-bond acceptors (Lipinski definition) is 6. The smallest absolute Gasteiger partial charge is 0.119 e. The zero-order valence-electron chi connectivity index (χ0n) is 85.7. The molecule has 0 aliphatic carbocycles. The molecule has 0 saturated carbocycles. The lowest BCUT2D eigenvalue weighted by Crippen LogP contribution is -2.10. The van der Waals surface area contributed by atoms with Crippen LogP contribution in [0.25, 0.3) is 214 Å². The standard InChI is InChI=1S/C134H122N8O2/c1-129(2,3)93-47-31-83(32-48-93)121-103-63-67-107(135-103)123(85-35-51-95(52-36-85)131(7,8)9)111-71-75-115(139-111)127(116-76-72-112(140-116)124(108-68-64-104(121)136-108)86-37-53-96(54-38-86)132(10,11)12)89-43-59-99(60-44-89)143-79-91-29-27-81-23-19-21-25-101(81)119(91)120-92(30-28-82-24-20-22-26-102(82)120)80-144-100-61-45-90(46-62-100)128-117-77-73-113(141-117)125(87-39-55-97(56-40-87)133(13,14)15)109-69-65-105(137-109)122(84-33-49-94(50-34-84)130(4,5)6)106-66-70-110(138-106)126(114-74-78-118(128)142-114)88-41-57-98(58-42-88)134(16,17)18/h19-78,135,137,140,142H,79-80H2,1-18H3. The van der Waals surface area contributed by atoms with Crippen molar-refractivity contribution in [3.05, 3.63) is 406 Å². The van der Waals surface area contributed by atoms with Crippen LogP contribution in [0.1, 0.15) is 215 Å². The summed E-state index contributed by atoms with van der Waals surface area (Å²) >= 11 is 0. The normalized spacial score (nSPS) is 12.9. The summed E-state index contributed by atoms with van der Waals surface area (Å²) in [5, 5.41) is 4.49. The molecule has 4 N–H and O–H groups in total. The van der Waals surface area contributed by atoms with E-state index in [1.165, 1.54) is 33.4 Å². The first-order valence-corrected chi connectivity index (χ1v) is 50.6. The Labute approximate surface area is 845 Å². The fourth-order valence-electron chi connectivity index (χ4n) is 20.9. The topological polar surface area (TPSA) is 133 Å². The summed E-state index contributed by atoms with van der Waals surface area (Å²) in [6.45, 7) is 41.3. The largest absolute Gasteiger partial charge is 0.489 e. The Morgan fingerprint density at radius 3 is 0.535 bits per heavy atom. The lowest BCUT2D eigenvalue weighted by Gasteiger charge is -2.20. The number of H-pyrrole nitrogens is 4. The highest BCUT2D eigenvalue weighted by atomic mass is 16.5. The second-order valence-electron chi connectivity index (χ2n) is 45.2. The first kappa shape index (κ1) is 93.0. The van der Waals surface area contributed by atoms with Crippen molar-refractivity contribution >= 4 is 114 Å². The van der Waals surface area contributed by atoms with Crippen molar-refractivity contribution in [2.45, 2.75) is 170 Å². The van der Waals surface area contributed by atoms with Crippen molar-refractivity contribution in [3.63, 3.8) is 0 Å². The number of nitrogens with one attached hydrogen (secondary N) is 4. The maximum Gasteiger partial charge on any atom is 0.119 e. The molecule has 0 saturated heterocycles. The first-order valence-electron chi connectivity index (χ1n) is 50.6. The first-order chi connectivity index (χ1) is 69.1. The molecule has 10 nitrogen and oxygen atoms in total. The van der Waals surface area contributed by atoms with E-state index in [1.807, 2.05) is 0 Å². The lowest BCUT2D eigenvalue weighted by atomic mass is 9.86. The second-order valence-corrected chi connectivity index (χ2v) is 45.2. The molecule has 0 fully saturated rings. The SMILES string of the molecule is CC(C)(C)c1ccc(-c2c3nc(c(-c4ccc(C(C)(C)C)cc4)c4ccc([nH]4)c(-c4ccc(C(C)(C)C)cc4)c4nc(c(-c5ccc(OCc6ccc7ccccc7c6-c6c(COc7ccc(-c8c9nc(c(-c%10ccc(C(C)(C)C)cc%10)c%10ccc([nH]%10)c(-c%10ccc(C(C)(C)C)cc%10)c%10nc(c(-c%11ccc(C(C)(C)C)cc%11)c%11ccc8[nH]%11)C=C%10)C=C9)cc7)ccc7ccccc67)cc5)c5ccc2[nH]5)C=C4)C=C3)cc1. The zero-order valence-corrected chi connectivity index (χ0v) is 85.7. The van der Waals surface area contributed by atoms with E-state index in [0.717, 1.165) is 234 Å². The summed E-state index contributed by atoms with van der Waals surface area (Å²) in [4.78, 5) is 38.9. The summed E-state index contributed by atoms with van der Waals surface area (Å²) in [7, 11) is 0. The molecule has 10 heterocycles. The minimum atomic E-state index is -0.0465. The van der Waals surface area contributed by atoms with E-state index in [4.69, 9.17) is 29.4 Å². The minimum Gasteiger partial charge on any atom is -0.489 e. The molecule has 0 unspecified atom stereocenters. The van der Waals surface area contributed by atoms with Crippen LogP contribution < -0.4 is 9.47 Å². The quantitative estimate of drug-likeness (QED) is 0.0808. The van der Waals surface area contributed by atoms with Gasteiger partial charge in [0.15, 0.2) is 0 Å². The molecule has 16 bridgehead atoms. The molecule has 710 valence electrons. The predicted molar refractivity (Wildman–Crippen MR) is 609 cm³/mol. The number of benzene rings is 12. The number of fused-ring (bicyclic) bond motifs is 18. The van der Waals surface area contributed by atoms with Gasteiger partial charge in [-0.2, -0.15) is 0 Å². The molecule has 0 atom stereocenters. The van der Waals surface area contributed by atoms with E-state index in [0.29, 0.717) is 0 Å². The number of aromatic nitrogens is 8. The molecule has 22 rings (SSSR count). The number of hydrogen-bond donors (Lipinski definition) is 4. The van der Waals surface area contributed by atoms with Crippen molar-refractivity contribution in [1.29, 1.82) is 0 Å². The van der Waals surface area contributed by atoms with Gasteiger partial charge in [0.1, 0.15) is 24.7 Å². The Hall–Kier alpha value is -16.0. The van der Waals surface area contributed by atoms with E-state index in [-0.39, 0.29) is 45.7 Å². The molecule has 4 aliphatic heterocycles. The fourth-order valence-corrected chi connectivity index (χ4v) is 20.9. The highest BCUT2D eigenvalue weighted by molar-refractivity contribution is 6.09. The van der Waals surface area contributed by atoms with Crippen LogP contribution >= 0.6 is 0 Å². The highest BCUT2D eigenvalue weighted by Crippen LogP contribution is 2.48. The van der Waals surface area contributed by atoms with Crippen LogP contribution in [0.15, 0.2) is 315 Å². The van der Waals surface area contributed by atoms with Gasteiger partial charge in [0.25, 0.3) is 0 Å². The van der Waals surface area contributed by atoms with Gasteiger partial charge in [-0.3, -0.25) is 0 Å². The molecule has 18 aromatic rings. The average Bonchev–Trinajstić information content (AvgIpc) is 1.14. The third-order valence-corrected chi connectivity index (χ3v) is 29.1. The van der Waals surface area contributed by atoms with Crippen LogP contribution in [0.5, 0.6) is 11.5 Å². The van der Waals surface area contributed by atoms with Crippen LogP contribution in [0.2, 0.25) is 0 Å². The zero-order chi connectivity index (χ0) is 99.6. The number of nitrogens with zero attached hydrogens (tertiary/aromatic N) is 4. The van der Waals surface area contributed by atoms with Gasteiger partial charge in [0.2, 0.25) is 0 Å². The van der Waals surface area contributed by atoms with Crippen LogP contribution in [0, 0.1) is 0 Å². The molecule has 0 amide bonds. The summed E-state index contributed by atoms with van der Waals surface area (Å²) in [5.74, 6) is 1.45. The summed E-state index contributed by atoms with van der Waals surface area (Å²) < 4.78 is 14.3. The molecular formula is C134H122N8O2. The van der Waals surface area contributed by atoms with Crippen LogP contribution in [0.4, 0.5) is 0 Å². The second kappa shape index (κ2) is 36.2. The maximum atomic E-state index is 7.17. The van der Waals surface area contributed by atoms with E-state index in [2.05, 4.69) is 509 Å². The molecule has 4 aliphatic rings. The van der Waals surface area contributed by atoms with E-state index in [9.17, 15) is 0 Å². The predicted octanol–water partition coefficient (Wildman–Crippen LogP) is 35.9. The van der Waals surface area contributed by atoms with Crippen molar-refractivity contribution in [2.24, 2.45) is 0 Å². The fraction of sp³-hybridized carbons (Fsp3) is 0.194. The Bertz CT molecular complexity index is 8010. The molecule has 144 heavy (non-hydrogen) atoms. The third-order valence-electron chi connectivity index (χ3n) is 29.1. The van der Waals surface area contributed by atoms with Crippen molar-refractivity contribution < 1.29 is 9.47 Å². The number of ether oxygens (including phenoxy) is 2. The van der Waals surface area contributed by atoms with Gasteiger partial charge in [0, 0.05) is 88.6 Å². The molecule has 12 aromatic carbocycles. The summed E-state index contributed by atoms with van der Waals surface area (Å²) in [6.07, 6.45) is 17.5. The van der Waals surface area contributed by atoms with E-state index in [1.54, 1.807) is 0 Å². The average molecular weight is 1880 g/mol. The summed E-state index contributed by atoms with van der Waals surface area (Å²) in [5.41, 5.74) is 42.1. The molecule has 6 aromatic heterocycles. The Kier molecular flexibility index (Phi) is 23.4.